The van der Waals surface area contributed by atoms with Gasteiger partial charge in [0.2, 0.25) is 0 Å². The van der Waals surface area contributed by atoms with E-state index in [0.29, 0.717) is 12.3 Å². The summed E-state index contributed by atoms with van der Waals surface area (Å²) in [4.78, 5) is 0. The van der Waals surface area contributed by atoms with Gasteiger partial charge in [-0.05, 0) is 18.2 Å². The maximum atomic E-state index is 8.60. The monoisotopic (exact) mass is 346 g/mol. The highest BCUT2D eigenvalue weighted by molar-refractivity contribution is 9.10. The lowest BCUT2D eigenvalue weighted by Crippen LogP contribution is -2.03. The van der Waals surface area contributed by atoms with Crippen molar-refractivity contribution in [1.29, 1.82) is 5.26 Å². The van der Waals surface area contributed by atoms with E-state index in [1.807, 2.05) is 48.5 Å². The van der Waals surface area contributed by atoms with Crippen LogP contribution in [0, 0.1) is 11.3 Å². The van der Waals surface area contributed by atoms with Gasteiger partial charge in [-0.15, -0.1) is 0 Å². The molecule has 0 unspecified atom stereocenters. The summed E-state index contributed by atoms with van der Waals surface area (Å²) in [5.74, 6) is 1.49. The maximum absolute atomic E-state index is 8.60. The zero-order valence-corrected chi connectivity index (χ0v) is 13.2. The molecule has 0 saturated carbocycles. The highest BCUT2D eigenvalue weighted by Crippen LogP contribution is 2.26. The Hall–Kier alpha value is -2.19. The molecule has 2 aromatic rings. The first-order valence-corrected chi connectivity index (χ1v) is 7.18. The fourth-order valence-electron chi connectivity index (χ4n) is 1.88. The molecule has 0 atom stereocenters. The zero-order valence-electron chi connectivity index (χ0n) is 11.6. The van der Waals surface area contributed by atoms with E-state index in [0.717, 1.165) is 21.5 Å². The highest BCUT2D eigenvalue weighted by atomic mass is 79.9. The molecule has 0 bridgehead atoms. The number of ether oxygens (including phenoxy) is 2. The Morgan fingerprint density at radius 3 is 2.81 bits per heavy atom. The van der Waals surface area contributed by atoms with Crippen LogP contribution in [-0.4, -0.2) is 13.7 Å². The Morgan fingerprint density at radius 2 is 2.05 bits per heavy atom. The van der Waals surface area contributed by atoms with Gasteiger partial charge >= 0.3 is 0 Å². The Morgan fingerprint density at radius 1 is 1.24 bits per heavy atom. The predicted molar refractivity (Wildman–Crippen MR) is 85.6 cm³/mol. The van der Waals surface area contributed by atoms with E-state index in [2.05, 4.69) is 21.2 Å². The van der Waals surface area contributed by atoms with Crippen molar-refractivity contribution in [3.8, 4) is 17.6 Å². The molecule has 2 aromatic carbocycles. The topological polar surface area (TPSA) is 54.3 Å². The second kappa shape index (κ2) is 7.55. The van der Waals surface area contributed by atoms with Gasteiger partial charge in [-0.1, -0.05) is 34.1 Å². The van der Waals surface area contributed by atoms with Gasteiger partial charge in [0.1, 0.15) is 17.6 Å². The van der Waals surface area contributed by atoms with Gasteiger partial charge in [-0.2, -0.15) is 5.26 Å². The number of para-hydroxylation sites is 1. The summed E-state index contributed by atoms with van der Waals surface area (Å²) >= 11 is 3.45. The number of hydrogen-bond acceptors (Lipinski definition) is 4. The minimum absolute atomic E-state index is 0.0434. The summed E-state index contributed by atoms with van der Waals surface area (Å²) in [7, 11) is 1.64. The van der Waals surface area contributed by atoms with E-state index >= 15 is 0 Å². The van der Waals surface area contributed by atoms with Crippen molar-refractivity contribution in [2.75, 3.05) is 19.0 Å². The number of benzene rings is 2. The molecule has 0 aliphatic heterocycles. The smallest absolute Gasteiger partial charge is 0.174 e. The average Bonchev–Trinajstić information content (AvgIpc) is 2.51. The summed E-state index contributed by atoms with van der Waals surface area (Å²) < 4.78 is 11.6. The van der Waals surface area contributed by atoms with Gasteiger partial charge in [0.05, 0.1) is 7.11 Å². The van der Waals surface area contributed by atoms with Crippen molar-refractivity contribution >= 4 is 21.6 Å². The van der Waals surface area contributed by atoms with E-state index in [4.69, 9.17) is 14.7 Å². The number of halogens is 1. The first-order valence-electron chi connectivity index (χ1n) is 6.39. The summed E-state index contributed by atoms with van der Waals surface area (Å²) in [6.45, 7) is 0.642. The van der Waals surface area contributed by atoms with Crippen LogP contribution in [0.2, 0.25) is 0 Å². The normalized spacial score (nSPS) is 9.76. The number of anilines is 1. The molecule has 5 heteroatoms. The first-order chi connectivity index (χ1) is 10.2. The van der Waals surface area contributed by atoms with Crippen LogP contribution in [0.3, 0.4) is 0 Å². The molecule has 0 radical (unpaired) electrons. The van der Waals surface area contributed by atoms with Crippen LogP contribution >= 0.6 is 15.9 Å². The van der Waals surface area contributed by atoms with E-state index in [-0.39, 0.29) is 6.61 Å². The van der Waals surface area contributed by atoms with Crippen LogP contribution in [-0.2, 0) is 6.54 Å². The molecule has 2 rings (SSSR count). The number of hydrogen-bond donors (Lipinski definition) is 1. The van der Waals surface area contributed by atoms with Crippen LogP contribution in [0.5, 0.6) is 11.5 Å². The predicted octanol–water partition coefficient (Wildman–Crippen LogP) is 3.97. The van der Waals surface area contributed by atoms with Crippen LogP contribution < -0.4 is 14.8 Å². The molecule has 0 fully saturated rings. The quantitative estimate of drug-likeness (QED) is 0.859. The third kappa shape index (κ3) is 4.40. The summed E-state index contributed by atoms with van der Waals surface area (Å²) in [5.41, 5.74) is 1.93. The summed E-state index contributed by atoms with van der Waals surface area (Å²) in [6.07, 6.45) is 0. The Labute approximate surface area is 132 Å². The van der Waals surface area contributed by atoms with Gasteiger partial charge in [-0.3, -0.25) is 0 Å². The van der Waals surface area contributed by atoms with Gasteiger partial charge in [0.25, 0.3) is 0 Å². The molecule has 0 heterocycles. The van der Waals surface area contributed by atoms with Crippen molar-refractivity contribution < 1.29 is 9.47 Å². The summed E-state index contributed by atoms with van der Waals surface area (Å²) in [6, 6.07) is 15.4. The van der Waals surface area contributed by atoms with Crippen LogP contribution in [0.1, 0.15) is 5.56 Å². The second-order valence-corrected chi connectivity index (χ2v) is 5.20. The second-order valence-electron chi connectivity index (χ2n) is 4.29. The minimum atomic E-state index is 0.0434. The van der Waals surface area contributed by atoms with Crippen LogP contribution in [0.25, 0.3) is 0 Å². The minimum Gasteiger partial charge on any atom is -0.497 e. The molecule has 0 saturated heterocycles. The molecule has 21 heavy (non-hydrogen) atoms. The van der Waals surface area contributed by atoms with Gasteiger partial charge in [0.15, 0.2) is 6.61 Å². The fourth-order valence-corrected chi connectivity index (χ4v) is 2.35. The first kappa shape index (κ1) is 15.2. The number of methoxy groups -OCH3 is 1. The third-order valence-corrected chi connectivity index (χ3v) is 3.31. The van der Waals surface area contributed by atoms with Crippen molar-refractivity contribution in [2.24, 2.45) is 0 Å². The summed E-state index contributed by atoms with van der Waals surface area (Å²) in [5, 5.41) is 11.9. The number of nitrogens with one attached hydrogen (secondary N) is 1. The van der Waals surface area contributed by atoms with E-state index in [1.54, 1.807) is 7.11 Å². The van der Waals surface area contributed by atoms with Crippen molar-refractivity contribution in [1.82, 2.24) is 0 Å². The van der Waals surface area contributed by atoms with Gasteiger partial charge < -0.3 is 14.8 Å². The number of nitrogens with zero attached hydrogens (tertiary/aromatic N) is 1. The molecular weight excluding hydrogens is 332 g/mol. The standard InChI is InChI=1S/C16H15BrN2O2/c1-20-15-9-13(17)8-14(10-15)19-11-12-4-2-3-5-16(12)21-7-6-18/h2-5,8-10,19H,7,11H2,1H3. The van der Waals surface area contributed by atoms with Gasteiger partial charge in [-0.25, -0.2) is 0 Å². The Balaban J connectivity index is 2.09. The van der Waals surface area contributed by atoms with Gasteiger partial charge in [0, 0.05) is 28.3 Å². The molecule has 4 nitrogen and oxygen atoms in total. The molecule has 1 N–H and O–H groups in total. The van der Waals surface area contributed by atoms with Crippen LogP contribution in [0.4, 0.5) is 5.69 Å². The van der Waals surface area contributed by atoms with Crippen molar-refractivity contribution in [2.45, 2.75) is 6.54 Å². The molecule has 0 amide bonds. The molecule has 0 aliphatic carbocycles. The molecule has 0 aromatic heterocycles. The lowest BCUT2D eigenvalue weighted by Gasteiger charge is -2.12. The molecule has 0 aliphatic rings. The Bertz CT molecular complexity index is 653. The van der Waals surface area contributed by atoms with Crippen molar-refractivity contribution in [3.63, 3.8) is 0 Å². The lowest BCUT2D eigenvalue weighted by atomic mass is 10.2. The Kier molecular flexibility index (Phi) is 5.47. The molecule has 108 valence electrons. The number of nitriles is 1. The third-order valence-electron chi connectivity index (χ3n) is 2.85. The van der Waals surface area contributed by atoms with E-state index < -0.39 is 0 Å². The molecular formula is C16H15BrN2O2. The van der Waals surface area contributed by atoms with E-state index in [1.165, 1.54) is 0 Å². The average molecular weight is 347 g/mol. The zero-order chi connectivity index (χ0) is 15.1. The lowest BCUT2D eigenvalue weighted by molar-refractivity contribution is 0.364. The maximum Gasteiger partial charge on any atom is 0.174 e. The van der Waals surface area contributed by atoms with E-state index in [9.17, 15) is 0 Å². The fraction of sp³-hybridized carbons (Fsp3) is 0.188. The SMILES string of the molecule is COc1cc(Br)cc(NCc2ccccc2OCC#N)c1. The molecule has 0 spiro atoms. The number of rotatable bonds is 6. The largest absolute Gasteiger partial charge is 0.497 e. The van der Waals surface area contributed by atoms with Crippen LogP contribution in [0.15, 0.2) is 46.9 Å². The highest BCUT2D eigenvalue weighted by Gasteiger charge is 2.04. The van der Waals surface area contributed by atoms with Crippen molar-refractivity contribution in [3.05, 3.63) is 52.5 Å².